The molecule has 0 aliphatic rings. The first-order valence-corrected chi connectivity index (χ1v) is 5.78. The van der Waals surface area contributed by atoms with Crippen molar-refractivity contribution in [1.29, 1.82) is 0 Å². The maximum absolute atomic E-state index is 5.67. The summed E-state index contributed by atoms with van der Waals surface area (Å²) in [5, 5.41) is 0. The fourth-order valence-corrected chi connectivity index (χ4v) is 1.50. The van der Waals surface area contributed by atoms with Crippen LogP contribution < -0.4 is 10.5 Å². The fourth-order valence-electron chi connectivity index (χ4n) is 1.50. The van der Waals surface area contributed by atoms with E-state index in [9.17, 15) is 0 Å². The van der Waals surface area contributed by atoms with Crippen LogP contribution in [0.25, 0.3) is 0 Å². The Labute approximate surface area is 97.6 Å². The zero-order valence-corrected chi connectivity index (χ0v) is 10.2. The molecule has 0 heterocycles. The van der Waals surface area contributed by atoms with Crippen molar-refractivity contribution in [2.75, 3.05) is 19.8 Å². The van der Waals surface area contributed by atoms with Gasteiger partial charge in [-0.15, -0.1) is 0 Å². The van der Waals surface area contributed by atoms with Gasteiger partial charge in [0.05, 0.1) is 6.61 Å². The molecule has 0 saturated heterocycles. The molecule has 0 aromatic heterocycles. The molecular formula is C13H21NO2. The Balaban J connectivity index is 2.41. The van der Waals surface area contributed by atoms with Crippen molar-refractivity contribution in [1.82, 2.24) is 0 Å². The second-order valence-corrected chi connectivity index (χ2v) is 3.71. The zero-order valence-electron chi connectivity index (χ0n) is 10.2. The molecule has 1 rings (SSSR count). The van der Waals surface area contributed by atoms with Crippen molar-refractivity contribution >= 4 is 0 Å². The molecule has 0 aliphatic carbocycles. The molecule has 3 heteroatoms. The van der Waals surface area contributed by atoms with E-state index in [0.29, 0.717) is 13.2 Å². The molecular weight excluding hydrogens is 202 g/mol. The predicted octanol–water partition coefficient (Wildman–Crippen LogP) is 2.26. The van der Waals surface area contributed by atoms with Crippen LogP contribution in [0.2, 0.25) is 0 Å². The minimum absolute atomic E-state index is 0.516. The van der Waals surface area contributed by atoms with Crippen molar-refractivity contribution in [3.8, 4) is 5.75 Å². The Kier molecular flexibility index (Phi) is 5.90. The first kappa shape index (κ1) is 13.0. The summed E-state index contributed by atoms with van der Waals surface area (Å²) in [5.41, 5.74) is 7.94. The minimum atomic E-state index is 0.516. The average Bonchev–Trinajstić information content (AvgIpc) is 2.30. The van der Waals surface area contributed by atoms with Gasteiger partial charge in [-0.3, -0.25) is 0 Å². The van der Waals surface area contributed by atoms with Crippen molar-refractivity contribution in [2.24, 2.45) is 5.73 Å². The van der Waals surface area contributed by atoms with Gasteiger partial charge in [-0.2, -0.15) is 0 Å². The van der Waals surface area contributed by atoms with Crippen molar-refractivity contribution in [3.05, 3.63) is 29.3 Å². The summed E-state index contributed by atoms with van der Waals surface area (Å²) in [5.74, 6) is 0.893. The monoisotopic (exact) mass is 223 g/mol. The third-order valence-electron chi connectivity index (χ3n) is 2.33. The molecule has 0 aliphatic heterocycles. The molecule has 16 heavy (non-hydrogen) atoms. The third kappa shape index (κ3) is 4.21. The third-order valence-corrected chi connectivity index (χ3v) is 2.33. The predicted molar refractivity (Wildman–Crippen MR) is 65.7 cm³/mol. The highest BCUT2D eigenvalue weighted by Gasteiger charge is 2.01. The van der Waals surface area contributed by atoms with Crippen LogP contribution in [0.4, 0.5) is 0 Å². The van der Waals surface area contributed by atoms with Crippen LogP contribution in [0.3, 0.4) is 0 Å². The number of hydrogen-bond acceptors (Lipinski definition) is 3. The normalized spacial score (nSPS) is 10.4. The average molecular weight is 223 g/mol. The molecule has 0 unspecified atom stereocenters. The van der Waals surface area contributed by atoms with Crippen LogP contribution >= 0.6 is 0 Å². The van der Waals surface area contributed by atoms with Gasteiger partial charge in [-0.05, 0) is 19.9 Å². The number of nitrogens with two attached hydrogens (primary N) is 1. The summed E-state index contributed by atoms with van der Waals surface area (Å²) in [6, 6.07) is 6.09. The largest absolute Gasteiger partial charge is 0.493 e. The summed E-state index contributed by atoms with van der Waals surface area (Å²) in [6.07, 6.45) is 0.908. The molecule has 90 valence electrons. The first-order chi connectivity index (χ1) is 7.77. The molecule has 1 aromatic carbocycles. The van der Waals surface area contributed by atoms with Crippen LogP contribution in [0.15, 0.2) is 18.2 Å². The Morgan fingerprint density at radius 3 is 2.75 bits per heavy atom. The number of benzene rings is 1. The molecule has 0 radical (unpaired) electrons. The molecule has 3 nitrogen and oxygen atoms in total. The Hall–Kier alpha value is -1.06. The van der Waals surface area contributed by atoms with Crippen molar-refractivity contribution < 1.29 is 9.47 Å². The van der Waals surface area contributed by atoms with Crippen molar-refractivity contribution in [3.63, 3.8) is 0 Å². The number of rotatable bonds is 7. The maximum atomic E-state index is 5.67. The van der Waals surface area contributed by atoms with E-state index in [1.54, 1.807) is 0 Å². The molecule has 2 N–H and O–H groups in total. The van der Waals surface area contributed by atoms with E-state index in [-0.39, 0.29) is 0 Å². The maximum Gasteiger partial charge on any atom is 0.123 e. The van der Waals surface area contributed by atoms with Crippen LogP contribution in [0, 0.1) is 6.92 Å². The molecule has 0 amide bonds. The SMILES string of the molecule is CCOCCCOc1ccc(C)cc1CN. The quantitative estimate of drug-likeness (QED) is 0.721. The van der Waals surface area contributed by atoms with Gasteiger partial charge >= 0.3 is 0 Å². The van der Waals surface area contributed by atoms with E-state index in [0.717, 1.165) is 30.9 Å². The molecule has 0 bridgehead atoms. The fraction of sp³-hybridized carbons (Fsp3) is 0.538. The van der Waals surface area contributed by atoms with E-state index < -0.39 is 0 Å². The topological polar surface area (TPSA) is 44.5 Å². The minimum Gasteiger partial charge on any atom is -0.493 e. The molecule has 1 aromatic rings. The van der Waals surface area contributed by atoms with Crippen LogP contribution in [0.5, 0.6) is 5.75 Å². The van der Waals surface area contributed by atoms with E-state index in [4.69, 9.17) is 15.2 Å². The molecule has 0 spiro atoms. The van der Waals surface area contributed by atoms with Gasteiger partial charge in [0.2, 0.25) is 0 Å². The van der Waals surface area contributed by atoms with E-state index in [1.807, 2.05) is 19.1 Å². The number of hydrogen-bond donors (Lipinski definition) is 1. The lowest BCUT2D eigenvalue weighted by molar-refractivity contribution is 0.130. The number of aryl methyl sites for hydroxylation is 1. The highest BCUT2D eigenvalue weighted by atomic mass is 16.5. The number of ether oxygens (including phenoxy) is 2. The molecule has 0 atom stereocenters. The lowest BCUT2D eigenvalue weighted by atomic mass is 10.1. The van der Waals surface area contributed by atoms with Crippen LogP contribution in [-0.2, 0) is 11.3 Å². The lowest BCUT2D eigenvalue weighted by Crippen LogP contribution is -2.06. The summed E-state index contributed by atoms with van der Waals surface area (Å²) in [7, 11) is 0. The second kappa shape index (κ2) is 7.25. The van der Waals surface area contributed by atoms with Crippen LogP contribution in [-0.4, -0.2) is 19.8 Å². The Morgan fingerprint density at radius 2 is 2.06 bits per heavy atom. The highest BCUT2D eigenvalue weighted by molar-refractivity contribution is 5.36. The van der Waals surface area contributed by atoms with E-state index in [2.05, 4.69) is 13.0 Å². The highest BCUT2D eigenvalue weighted by Crippen LogP contribution is 2.19. The van der Waals surface area contributed by atoms with Gasteiger partial charge in [-0.25, -0.2) is 0 Å². The van der Waals surface area contributed by atoms with Crippen molar-refractivity contribution in [2.45, 2.75) is 26.8 Å². The van der Waals surface area contributed by atoms with E-state index >= 15 is 0 Å². The lowest BCUT2D eigenvalue weighted by Gasteiger charge is -2.11. The van der Waals surface area contributed by atoms with Gasteiger partial charge in [0.15, 0.2) is 0 Å². The molecule has 0 saturated carbocycles. The summed E-state index contributed by atoms with van der Waals surface area (Å²) < 4.78 is 10.9. The van der Waals surface area contributed by atoms with Crippen LogP contribution in [0.1, 0.15) is 24.5 Å². The Bertz CT molecular complexity index is 313. The smallest absolute Gasteiger partial charge is 0.123 e. The first-order valence-electron chi connectivity index (χ1n) is 5.78. The summed E-state index contributed by atoms with van der Waals surface area (Å²) >= 11 is 0. The summed E-state index contributed by atoms with van der Waals surface area (Å²) in [6.45, 7) is 6.75. The van der Waals surface area contributed by atoms with Gasteiger partial charge in [0.1, 0.15) is 5.75 Å². The van der Waals surface area contributed by atoms with Gasteiger partial charge in [0, 0.05) is 31.7 Å². The standard InChI is InChI=1S/C13H21NO2/c1-3-15-7-4-8-16-13-6-5-11(2)9-12(13)10-14/h5-6,9H,3-4,7-8,10,14H2,1-2H3. The van der Waals surface area contributed by atoms with Gasteiger partial charge < -0.3 is 15.2 Å². The second-order valence-electron chi connectivity index (χ2n) is 3.71. The zero-order chi connectivity index (χ0) is 11.8. The molecule has 0 fully saturated rings. The Morgan fingerprint density at radius 1 is 1.25 bits per heavy atom. The van der Waals surface area contributed by atoms with E-state index in [1.165, 1.54) is 5.56 Å². The summed E-state index contributed by atoms with van der Waals surface area (Å²) in [4.78, 5) is 0. The van der Waals surface area contributed by atoms with Gasteiger partial charge in [-0.1, -0.05) is 17.7 Å². The van der Waals surface area contributed by atoms with Gasteiger partial charge in [0.25, 0.3) is 0 Å².